The molecule has 0 amide bonds. The van der Waals surface area contributed by atoms with E-state index in [9.17, 15) is 0 Å². The molecule has 0 aliphatic rings. The monoisotopic (exact) mass is 280 g/mol. The van der Waals surface area contributed by atoms with Crippen molar-refractivity contribution in [2.45, 2.75) is 26.8 Å². The molecule has 4 nitrogen and oxygen atoms in total. The van der Waals surface area contributed by atoms with Crippen molar-refractivity contribution in [2.75, 3.05) is 40.4 Å². The minimum absolute atomic E-state index is 0.232. The molecule has 0 aliphatic carbocycles. The third-order valence-electron chi connectivity index (χ3n) is 3.68. The Bertz CT molecular complexity index is 392. The van der Waals surface area contributed by atoms with Crippen LogP contribution in [0.5, 0.6) is 11.5 Å². The molecule has 0 aromatic heterocycles. The highest BCUT2D eigenvalue weighted by Crippen LogP contribution is 2.28. The summed E-state index contributed by atoms with van der Waals surface area (Å²) in [4.78, 5) is 2.41. The Kier molecular flexibility index (Phi) is 7.41. The number of nitrogens with one attached hydrogen (secondary N) is 1. The van der Waals surface area contributed by atoms with Gasteiger partial charge in [0.05, 0.1) is 14.2 Å². The van der Waals surface area contributed by atoms with Gasteiger partial charge in [-0.25, -0.2) is 0 Å². The van der Waals surface area contributed by atoms with E-state index in [0.717, 1.165) is 43.2 Å². The maximum atomic E-state index is 5.43. The first-order valence-corrected chi connectivity index (χ1v) is 7.33. The lowest BCUT2D eigenvalue weighted by Gasteiger charge is -2.22. The zero-order valence-electron chi connectivity index (χ0n) is 13.4. The van der Waals surface area contributed by atoms with Crippen LogP contribution in [0.2, 0.25) is 0 Å². The zero-order chi connectivity index (χ0) is 15.0. The standard InChI is InChI=1S/C16H28N2O2/c1-6-18(7-2)11-10-17-13(3)15-12-14(19-4)8-9-16(15)20-5/h8-9,12-13,17H,6-7,10-11H2,1-5H3. The predicted octanol–water partition coefficient (Wildman–Crippen LogP) is 2.70. The SMILES string of the molecule is CCN(CC)CCNC(C)c1cc(OC)ccc1OC. The summed E-state index contributed by atoms with van der Waals surface area (Å²) < 4.78 is 10.7. The van der Waals surface area contributed by atoms with Crippen molar-refractivity contribution in [2.24, 2.45) is 0 Å². The van der Waals surface area contributed by atoms with Crippen LogP contribution in [0.4, 0.5) is 0 Å². The quantitative estimate of drug-likeness (QED) is 0.754. The molecule has 1 unspecified atom stereocenters. The number of hydrogen-bond donors (Lipinski definition) is 1. The fourth-order valence-corrected chi connectivity index (χ4v) is 2.27. The van der Waals surface area contributed by atoms with Crippen LogP contribution >= 0.6 is 0 Å². The van der Waals surface area contributed by atoms with Crippen molar-refractivity contribution >= 4 is 0 Å². The molecule has 20 heavy (non-hydrogen) atoms. The van der Waals surface area contributed by atoms with Crippen LogP contribution < -0.4 is 14.8 Å². The second-order valence-electron chi connectivity index (χ2n) is 4.81. The molecular formula is C16H28N2O2. The van der Waals surface area contributed by atoms with E-state index in [1.54, 1.807) is 14.2 Å². The van der Waals surface area contributed by atoms with Crippen LogP contribution in [0, 0.1) is 0 Å². The van der Waals surface area contributed by atoms with Crippen molar-refractivity contribution in [3.63, 3.8) is 0 Å². The van der Waals surface area contributed by atoms with Gasteiger partial charge in [-0.2, -0.15) is 0 Å². The van der Waals surface area contributed by atoms with E-state index < -0.39 is 0 Å². The average Bonchev–Trinajstić information content (AvgIpc) is 2.50. The summed E-state index contributed by atoms with van der Waals surface area (Å²) in [6, 6.07) is 6.14. The summed E-state index contributed by atoms with van der Waals surface area (Å²) in [6.45, 7) is 10.7. The number of rotatable bonds is 9. The van der Waals surface area contributed by atoms with Gasteiger partial charge in [0, 0.05) is 24.7 Å². The molecule has 0 heterocycles. The van der Waals surface area contributed by atoms with Gasteiger partial charge in [-0.1, -0.05) is 13.8 Å². The summed E-state index contributed by atoms with van der Waals surface area (Å²) in [5.41, 5.74) is 1.13. The number of methoxy groups -OCH3 is 2. The highest BCUT2D eigenvalue weighted by Gasteiger charge is 2.12. The number of likely N-dealkylation sites (N-methyl/N-ethyl adjacent to an activating group) is 1. The van der Waals surface area contributed by atoms with Crippen LogP contribution in [-0.4, -0.2) is 45.3 Å². The van der Waals surface area contributed by atoms with Crippen LogP contribution in [0.3, 0.4) is 0 Å². The molecule has 1 aromatic rings. The molecule has 0 bridgehead atoms. The molecular weight excluding hydrogens is 252 g/mol. The van der Waals surface area contributed by atoms with Crippen LogP contribution in [0.1, 0.15) is 32.4 Å². The van der Waals surface area contributed by atoms with Gasteiger partial charge in [-0.05, 0) is 38.2 Å². The van der Waals surface area contributed by atoms with Gasteiger partial charge >= 0.3 is 0 Å². The van der Waals surface area contributed by atoms with Crippen LogP contribution in [0.15, 0.2) is 18.2 Å². The van der Waals surface area contributed by atoms with Gasteiger partial charge in [0.1, 0.15) is 11.5 Å². The first-order chi connectivity index (χ1) is 9.65. The molecule has 114 valence electrons. The van der Waals surface area contributed by atoms with Gasteiger partial charge in [-0.3, -0.25) is 0 Å². The maximum absolute atomic E-state index is 5.43. The summed E-state index contributed by atoms with van der Waals surface area (Å²) in [5.74, 6) is 1.76. The highest BCUT2D eigenvalue weighted by molar-refractivity contribution is 5.42. The van der Waals surface area contributed by atoms with Gasteiger partial charge in [0.25, 0.3) is 0 Å². The molecule has 4 heteroatoms. The minimum Gasteiger partial charge on any atom is -0.497 e. The Labute approximate surface area is 123 Å². The number of hydrogen-bond acceptors (Lipinski definition) is 4. The third-order valence-corrected chi connectivity index (χ3v) is 3.68. The van der Waals surface area contributed by atoms with E-state index in [-0.39, 0.29) is 6.04 Å². The molecule has 0 saturated heterocycles. The van der Waals surface area contributed by atoms with Crippen molar-refractivity contribution < 1.29 is 9.47 Å². The van der Waals surface area contributed by atoms with E-state index in [1.165, 1.54) is 0 Å². The van der Waals surface area contributed by atoms with Crippen molar-refractivity contribution in [1.29, 1.82) is 0 Å². The van der Waals surface area contributed by atoms with E-state index >= 15 is 0 Å². The van der Waals surface area contributed by atoms with E-state index in [4.69, 9.17) is 9.47 Å². The largest absolute Gasteiger partial charge is 0.497 e. The molecule has 1 N–H and O–H groups in total. The zero-order valence-corrected chi connectivity index (χ0v) is 13.4. The summed E-state index contributed by atoms with van der Waals surface area (Å²) >= 11 is 0. The molecule has 1 aromatic carbocycles. The Morgan fingerprint density at radius 1 is 1.15 bits per heavy atom. The molecule has 0 radical (unpaired) electrons. The molecule has 0 spiro atoms. The van der Waals surface area contributed by atoms with Crippen molar-refractivity contribution in [1.82, 2.24) is 10.2 Å². The third kappa shape index (κ3) is 4.69. The maximum Gasteiger partial charge on any atom is 0.123 e. The van der Waals surface area contributed by atoms with E-state index in [0.29, 0.717) is 0 Å². The fourth-order valence-electron chi connectivity index (χ4n) is 2.27. The van der Waals surface area contributed by atoms with Crippen molar-refractivity contribution in [3.05, 3.63) is 23.8 Å². The number of benzene rings is 1. The van der Waals surface area contributed by atoms with E-state index in [2.05, 4.69) is 31.0 Å². The predicted molar refractivity (Wildman–Crippen MR) is 83.8 cm³/mol. The fraction of sp³-hybridized carbons (Fsp3) is 0.625. The molecule has 1 rings (SSSR count). The van der Waals surface area contributed by atoms with Gasteiger partial charge in [-0.15, -0.1) is 0 Å². The Morgan fingerprint density at radius 3 is 2.40 bits per heavy atom. The number of nitrogens with zero attached hydrogens (tertiary/aromatic N) is 1. The normalized spacial score (nSPS) is 12.5. The van der Waals surface area contributed by atoms with Gasteiger partial charge in [0.2, 0.25) is 0 Å². The summed E-state index contributed by atoms with van der Waals surface area (Å²) in [5, 5.41) is 3.55. The Hall–Kier alpha value is -1.26. The summed E-state index contributed by atoms with van der Waals surface area (Å²) in [7, 11) is 3.39. The molecule has 1 atom stereocenters. The molecule has 0 aliphatic heterocycles. The molecule has 0 fully saturated rings. The lowest BCUT2D eigenvalue weighted by Crippen LogP contribution is -2.33. The van der Waals surface area contributed by atoms with E-state index in [1.807, 2.05) is 18.2 Å². The van der Waals surface area contributed by atoms with Crippen LogP contribution in [0.25, 0.3) is 0 Å². The topological polar surface area (TPSA) is 33.7 Å². The first-order valence-electron chi connectivity index (χ1n) is 7.33. The Morgan fingerprint density at radius 2 is 1.85 bits per heavy atom. The highest BCUT2D eigenvalue weighted by atomic mass is 16.5. The smallest absolute Gasteiger partial charge is 0.123 e. The number of ether oxygens (including phenoxy) is 2. The lowest BCUT2D eigenvalue weighted by atomic mass is 10.1. The van der Waals surface area contributed by atoms with Gasteiger partial charge < -0.3 is 19.7 Å². The Balaban J connectivity index is 2.64. The lowest BCUT2D eigenvalue weighted by molar-refractivity contribution is 0.297. The first kappa shape index (κ1) is 16.8. The second-order valence-corrected chi connectivity index (χ2v) is 4.81. The summed E-state index contributed by atoms with van der Waals surface area (Å²) in [6.07, 6.45) is 0. The average molecular weight is 280 g/mol. The van der Waals surface area contributed by atoms with Crippen molar-refractivity contribution in [3.8, 4) is 11.5 Å². The second kappa shape index (κ2) is 8.82. The minimum atomic E-state index is 0.232. The molecule has 0 saturated carbocycles. The van der Waals surface area contributed by atoms with Crippen LogP contribution in [-0.2, 0) is 0 Å². The van der Waals surface area contributed by atoms with Gasteiger partial charge in [0.15, 0.2) is 0 Å².